The van der Waals surface area contributed by atoms with Gasteiger partial charge in [-0.15, -0.1) is 0 Å². The second kappa shape index (κ2) is 6.53. The first-order valence-corrected chi connectivity index (χ1v) is 7.28. The molecule has 0 radical (unpaired) electrons. The summed E-state index contributed by atoms with van der Waals surface area (Å²) in [5, 5.41) is 3.37. The lowest BCUT2D eigenvalue weighted by atomic mass is 9.93. The van der Waals surface area contributed by atoms with Gasteiger partial charge in [-0.2, -0.15) is 0 Å². The van der Waals surface area contributed by atoms with Gasteiger partial charge >= 0.3 is 0 Å². The molecule has 0 aliphatic carbocycles. The molecule has 0 saturated carbocycles. The molecule has 2 unspecified atom stereocenters. The van der Waals surface area contributed by atoms with E-state index in [1.807, 2.05) is 11.8 Å². The van der Waals surface area contributed by atoms with Gasteiger partial charge in [0.2, 0.25) is 5.91 Å². The third-order valence-corrected chi connectivity index (χ3v) is 4.15. The van der Waals surface area contributed by atoms with Gasteiger partial charge in [0, 0.05) is 13.0 Å². The maximum absolute atomic E-state index is 12.3. The summed E-state index contributed by atoms with van der Waals surface area (Å²) in [6.07, 6.45) is 4.40. The van der Waals surface area contributed by atoms with E-state index in [-0.39, 0.29) is 12.1 Å². The molecule has 2 rings (SSSR count). The lowest BCUT2D eigenvalue weighted by Crippen LogP contribution is -2.50. The van der Waals surface area contributed by atoms with Gasteiger partial charge in [0.15, 0.2) is 0 Å². The fourth-order valence-electron chi connectivity index (χ4n) is 2.89. The molecule has 1 amide bonds. The summed E-state index contributed by atoms with van der Waals surface area (Å²) in [7, 11) is 0. The molecular formula is C14H26N2O2. The number of nitrogens with one attached hydrogen (secondary N) is 1. The second-order valence-electron chi connectivity index (χ2n) is 5.77. The monoisotopic (exact) mass is 254 g/mol. The van der Waals surface area contributed by atoms with E-state index in [0.29, 0.717) is 18.9 Å². The highest BCUT2D eigenvalue weighted by molar-refractivity contribution is 5.76. The fourth-order valence-corrected chi connectivity index (χ4v) is 2.89. The molecule has 2 atom stereocenters. The van der Waals surface area contributed by atoms with Gasteiger partial charge in [0.25, 0.3) is 0 Å². The van der Waals surface area contributed by atoms with E-state index >= 15 is 0 Å². The number of hydrogen-bond donors (Lipinski definition) is 1. The zero-order valence-corrected chi connectivity index (χ0v) is 11.7. The molecule has 0 aromatic carbocycles. The molecule has 2 saturated heterocycles. The van der Waals surface area contributed by atoms with Crippen LogP contribution in [0.15, 0.2) is 0 Å². The van der Waals surface area contributed by atoms with E-state index in [1.165, 1.54) is 12.8 Å². The molecule has 1 N–H and O–H groups in total. The average molecular weight is 254 g/mol. The molecule has 0 bridgehead atoms. The first-order chi connectivity index (χ1) is 8.66. The Balaban J connectivity index is 1.75. The standard InChI is InChI=1S/C14H26N2O2/c1-11-10-18-12(2)9-16(11)14(17)4-3-13-5-7-15-8-6-13/h11-13,15H,3-10H2,1-2H3. The van der Waals surface area contributed by atoms with Crippen molar-refractivity contribution < 1.29 is 9.53 Å². The zero-order chi connectivity index (χ0) is 13.0. The predicted molar refractivity (Wildman–Crippen MR) is 71.4 cm³/mol. The normalized spacial score (nSPS) is 30.4. The Labute approximate surface area is 110 Å². The summed E-state index contributed by atoms with van der Waals surface area (Å²) in [5.41, 5.74) is 0. The molecular weight excluding hydrogens is 228 g/mol. The van der Waals surface area contributed by atoms with Gasteiger partial charge in [0.1, 0.15) is 0 Å². The number of ether oxygens (including phenoxy) is 1. The number of hydrogen-bond acceptors (Lipinski definition) is 3. The minimum absolute atomic E-state index is 0.184. The number of carbonyl (C=O) groups is 1. The van der Waals surface area contributed by atoms with Crippen LogP contribution in [0.2, 0.25) is 0 Å². The Kier molecular flexibility index (Phi) is 5.01. The Bertz CT molecular complexity index is 277. The molecule has 2 fully saturated rings. The van der Waals surface area contributed by atoms with Crippen LogP contribution in [0.3, 0.4) is 0 Å². The second-order valence-corrected chi connectivity index (χ2v) is 5.77. The summed E-state index contributed by atoms with van der Waals surface area (Å²) in [4.78, 5) is 14.3. The van der Waals surface area contributed by atoms with Crippen molar-refractivity contribution in [1.29, 1.82) is 0 Å². The Morgan fingerprint density at radius 1 is 1.33 bits per heavy atom. The van der Waals surface area contributed by atoms with E-state index < -0.39 is 0 Å². The first-order valence-electron chi connectivity index (χ1n) is 7.28. The smallest absolute Gasteiger partial charge is 0.222 e. The molecule has 0 aromatic rings. The van der Waals surface area contributed by atoms with Gasteiger partial charge in [0.05, 0.1) is 18.8 Å². The van der Waals surface area contributed by atoms with E-state index in [0.717, 1.165) is 32.0 Å². The molecule has 0 aromatic heterocycles. The first kappa shape index (κ1) is 13.8. The van der Waals surface area contributed by atoms with Gasteiger partial charge in [-0.05, 0) is 52.1 Å². The van der Waals surface area contributed by atoms with Crippen molar-refractivity contribution in [3.63, 3.8) is 0 Å². The molecule has 104 valence electrons. The molecule has 2 aliphatic heterocycles. The molecule has 4 nitrogen and oxygen atoms in total. The minimum Gasteiger partial charge on any atom is -0.375 e. The highest BCUT2D eigenvalue weighted by atomic mass is 16.5. The van der Waals surface area contributed by atoms with Crippen LogP contribution in [0.25, 0.3) is 0 Å². The maximum atomic E-state index is 12.3. The summed E-state index contributed by atoms with van der Waals surface area (Å²) in [6, 6.07) is 0.238. The third kappa shape index (κ3) is 3.69. The van der Waals surface area contributed by atoms with Crippen molar-refractivity contribution in [3.05, 3.63) is 0 Å². The lowest BCUT2D eigenvalue weighted by Gasteiger charge is -2.37. The highest BCUT2D eigenvalue weighted by Gasteiger charge is 2.27. The summed E-state index contributed by atoms with van der Waals surface area (Å²) in [6.45, 7) is 7.79. The van der Waals surface area contributed by atoms with Crippen molar-refractivity contribution in [2.75, 3.05) is 26.2 Å². The average Bonchev–Trinajstić information content (AvgIpc) is 2.40. The van der Waals surface area contributed by atoms with Crippen molar-refractivity contribution in [1.82, 2.24) is 10.2 Å². The molecule has 0 spiro atoms. The minimum atomic E-state index is 0.184. The summed E-state index contributed by atoms with van der Waals surface area (Å²) in [5.74, 6) is 1.06. The van der Waals surface area contributed by atoms with Crippen molar-refractivity contribution in [2.45, 2.75) is 51.7 Å². The number of amides is 1. The van der Waals surface area contributed by atoms with E-state index in [1.54, 1.807) is 0 Å². The molecule has 2 heterocycles. The lowest BCUT2D eigenvalue weighted by molar-refractivity contribution is -0.143. The fraction of sp³-hybridized carbons (Fsp3) is 0.929. The number of piperidine rings is 1. The maximum Gasteiger partial charge on any atom is 0.222 e. The van der Waals surface area contributed by atoms with Crippen molar-refractivity contribution >= 4 is 5.91 Å². The Hall–Kier alpha value is -0.610. The Morgan fingerprint density at radius 3 is 2.78 bits per heavy atom. The van der Waals surface area contributed by atoms with Crippen LogP contribution in [-0.2, 0) is 9.53 Å². The van der Waals surface area contributed by atoms with Crippen LogP contribution < -0.4 is 5.32 Å². The topological polar surface area (TPSA) is 41.6 Å². The summed E-state index contributed by atoms with van der Waals surface area (Å²) >= 11 is 0. The number of rotatable bonds is 3. The van der Waals surface area contributed by atoms with Gasteiger partial charge in [-0.25, -0.2) is 0 Å². The Morgan fingerprint density at radius 2 is 2.06 bits per heavy atom. The number of carbonyl (C=O) groups excluding carboxylic acids is 1. The summed E-state index contributed by atoms with van der Waals surface area (Å²) < 4.78 is 5.56. The van der Waals surface area contributed by atoms with Crippen LogP contribution >= 0.6 is 0 Å². The highest BCUT2D eigenvalue weighted by Crippen LogP contribution is 2.20. The van der Waals surface area contributed by atoms with Crippen LogP contribution in [0, 0.1) is 5.92 Å². The molecule has 4 heteroatoms. The van der Waals surface area contributed by atoms with Gasteiger partial charge in [-0.1, -0.05) is 0 Å². The van der Waals surface area contributed by atoms with Gasteiger partial charge in [-0.3, -0.25) is 4.79 Å². The number of morpholine rings is 1. The predicted octanol–water partition coefficient (Wildman–Crippen LogP) is 1.40. The van der Waals surface area contributed by atoms with E-state index in [4.69, 9.17) is 4.74 Å². The SMILES string of the molecule is CC1CN(C(=O)CCC2CCNCC2)C(C)CO1. The quantitative estimate of drug-likeness (QED) is 0.828. The van der Waals surface area contributed by atoms with Crippen molar-refractivity contribution in [2.24, 2.45) is 5.92 Å². The van der Waals surface area contributed by atoms with E-state index in [9.17, 15) is 4.79 Å². The zero-order valence-electron chi connectivity index (χ0n) is 11.7. The van der Waals surface area contributed by atoms with E-state index in [2.05, 4.69) is 12.2 Å². The molecule has 18 heavy (non-hydrogen) atoms. The van der Waals surface area contributed by atoms with Crippen LogP contribution in [0.5, 0.6) is 0 Å². The van der Waals surface area contributed by atoms with Crippen LogP contribution in [0.1, 0.15) is 39.5 Å². The van der Waals surface area contributed by atoms with Gasteiger partial charge < -0.3 is 15.0 Å². The van der Waals surface area contributed by atoms with Crippen LogP contribution in [0.4, 0.5) is 0 Å². The van der Waals surface area contributed by atoms with Crippen LogP contribution in [-0.4, -0.2) is 49.2 Å². The molecule has 2 aliphatic rings. The van der Waals surface area contributed by atoms with Crippen molar-refractivity contribution in [3.8, 4) is 0 Å². The largest absolute Gasteiger partial charge is 0.375 e. The number of nitrogens with zero attached hydrogens (tertiary/aromatic N) is 1. The third-order valence-electron chi connectivity index (χ3n) is 4.15.